The molecule has 8 nitrogen and oxygen atoms in total. The van der Waals surface area contributed by atoms with Gasteiger partial charge in [0.1, 0.15) is 5.82 Å². The molecule has 4 rings (SSSR count). The topological polar surface area (TPSA) is 82.2 Å². The van der Waals surface area contributed by atoms with Crippen LogP contribution in [-0.2, 0) is 18.3 Å². The van der Waals surface area contributed by atoms with Crippen LogP contribution in [-0.4, -0.2) is 39.4 Å². The number of methoxy groups -OCH3 is 1. The lowest BCUT2D eigenvalue weighted by atomic mass is 10.1. The van der Waals surface area contributed by atoms with Gasteiger partial charge in [0, 0.05) is 33.1 Å². The van der Waals surface area contributed by atoms with Crippen molar-refractivity contribution in [3.05, 3.63) is 63.2 Å². The van der Waals surface area contributed by atoms with Crippen molar-refractivity contribution in [3.63, 3.8) is 0 Å². The summed E-state index contributed by atoms with van der Waals surface area (Å²) in [5, 5.41) is 0.584. The maximum Gasteiger partial charge on any atom is 0.293 e. The molecule has 2 aromatic heterocycles. The number of hydrogen-bond donors (Lipinski definition) is 0. The zero-order valence-electron chi connectivity index (χ0n) is 16.0. The molecule has 8 heteroatoms. The first-order chi connectivity index (χ1) is 13.6. The Morgan fingerprint density at radius 2 is 2.04 bits per heavy atom. The minimum Gasteiger partial charge on any atom is -0.383 e. The fraction of sp³-hybridized carbons (Fsp3) is 0.400. The van der Waals surface area contributed by atoms with E-state index in [1.165, 1.54) is 4.57 Å². The number of fused-ring (bicyclic) bond motifs is 1. The van der Waals surface area contributed by atoms with Gasteiger partial charge in [-0.3, -0.25) is 14.2 Å². The number of aromatic nitrogens is 4. The van der Waals surface area contributed by atoms with E-state index >= 15 is 0 Å². The maximum absolute atomic E-state index is 13.1. The van der Waals surface area contributed by atoms with E-state index in [9.17, 15) is 9.59 Å². The fourth-order valence-electron chi connectivity index (χ4n) is 3.81. The zero-order valence-corrected chi connectivity index (χ0v) is 16.0. The summed E-state index contributed by atoms with van der Waals surface area (Å²) in [6.07, 6.45) is 4.96. The van der Waals surface area contributed by atoms with Gasteiger partial charge >= 0.3 is 0 Å². The summed E-state index contributed by atoms with van der Waals surface area (Å²) in [4.78, 5) is 36.9. The fourth-order valence-corrected chi connectivity index (χ4v) is 3.81. The van der Waals surface area contributed by atoms with Gasteiger partial charge in [-0.25, -0.2) is 9.97 Å². The first-order valence-electron chi connectivity index (χ1n) is 9.38. The molecule has 0 saturated carbocycles. The third-order valence-corrected chi connectivity index (χ3v) is 5.23. The van der Waals surface area contributed by atoms with Gasteiger partial charge in [0.25, 0.3) is 11.1 Å². The quantitative estimate of drug-likeness (QED) is 0.666. The number of hydrogen-bond acceptors (Lipinski definition) is 6. The third kappa shape index (κ3) is 3.09. The van der Waals surface area contributed by atoms with E-state index in [-0.39, 0.29) is 17.2 Å². The Morgan fingerprint density at radius 3 is 2.86 bits per heavy atom. The number of rotatable bonds is 5. The minimum absolute atomic E-state index is 0.0848. The lowest BCUT2D eigenvalue weighted by molar-refractivity contribution is 0.184. The van der Waals surface area contributed by atoms with Crippen molar-refractivity contribution >= 4 is 16.7 Å². The second kappa shape index (κ2) is 7.55. The molecule has 28 heavy (non-hydrogen) atoms. The molecule has 1 fully saturated rings. The van der Waals surface area contributed by atoms with Crippen LogP contribution in [0.5, 0.6) is 0 Å². The molecule has 1 aromatic carbocycles. The van der Waals surface area contributed by atoms with E-state index in [1.54, 1.807) is 37.2 Å². The van der Waals surface area contributed by atoms with Gasteiger partial charge in [0.05, 0.1) is 30.1 Å². The Balaban J connectivity index is 1.88. The summed E-state index contributed by atoms with van der Waals surface area (Å²) in [5.41, 5.74) is 0.427. The Kier molecular flexibility index (Phi) is 4.95. The molecule has 1 atom stereocenters. The highest BCUT2D eigenvalue weighted by molar-refractivity contribution is 5.77. The van der Waals surface area contributed by atoms with E-state index in [1.807, 2.05) is 23.1 Å². The Hall–Kier alpha value is -3.00. The summed E-state index contributed by atoms with van der Waals surface area (Å²) in [5.74, 6) is 1.05. The van der Waals surface area contributed by atoms with Gasteiger partial charge in [-0.2, -0.15) is 0 Å². The molecular weight excluding hydrogens is 358 g/mol. The first kappa shape index (κ1) is 18.4. The van der Waals surface area contributed by atoms with E-state index in [2.05, 4.69) is 4.98 Å². The molecule has 0 radical (unpaired) electrons. The van der Waals surface area contributed by atoms with Gasteiger partial charge in [0.2, 0.25) is 0 Å². The summed E-state index contributed by atoms with van der Waals surface area (Å²) >= 11 is 0. The van der Waals surface area contributed by atoms with E-state index in [4.69, 9.17) is 9.72 Å². The molecule has 1 unspecified atom stereocenters. The minimum atomic E-state index is -0.184. The van der Waals surface area contributed by atoms with Crippen LogP contribution in [0.25, 0.3) is 10.9 Å². The number of ether oxygens (including phenoxy) is 1. The highest BCUT2D eigenvalue weighted by Gasteiger charge is 2.32. The second-order valence-electron chi connectivity index (χ2n) is 6.96. The first-order valence-corrected chi connectivity index (χ1v) is 9.38. The Morgan fingerprint density at radius 1 is 1.21 bits per heavy atom. The number of aryl methyl sites for hydroxylation is 1. The summed E-state index contributed by atoms with van der Waals surface area (Å²) in [7, 11) is 3.32. The number of para-hydroxylation sites is 1. The van der Waals surface area contributed by atoms with E-state index in [0.717, 1.165) is 12.8 Å². The molecule has 1 saturated heterocycles. The van der Waals surface area contributed by atoms with Crippen LogP contribution in [0.2, 0.25) is 0 Å². The summed E-state index contributed by atoms with van der Waals surface area (Å²) in [6.45, 7) is 1.52. The molecule has 1 aliphatic rings. The Labute approximate surface area is 162 Å². The normalized spacial score (nSPS) is 16.8. The van der Waals surface area contributed by atoms with Crippen molar-refractivity contribution < 1.29 is 4.74 Å². The smallest absolute Gasteiger partial charge is 0.293 e. The molecule has 0 N–H and O–H groups in total. The SMILES string of the molecule is COCCn1c(C2CCCN2c2nccn(C)c2=O)nc2ccccc2c1=O. The van der Waals surface area contributed by atoms with Crippen molar-refractivity contribution in [2.45, 2.75) is 25.4 Å². The van der Waals surface area contributed by atoms with Crippen LogP contribution in [0.4, 0.5) is 5.82 Å². The highest BCUT2D eigenvalue weighted by atomic mass is 16.5. The van der Waals surface area contributed by atoms with Crippen molar-refractivity contribution in [1.29, 1.82) is 0 Å². The van der Waals surface area contributed by atoms with Crippen LogP contribution < -0.4 is 16.0 Å². The predicted octanol–water partition coefficient (Wildman–Crippen LogP) is 1.48. The maximum atomic E-state index is 13.1. The molecule has 0 aliphatic carbocycles. The Bertz CT molecular complexity index is 1120. The zero-order chi connectivity index (χ0) is 19.7. The number of anilines is 1. The molecular formula is C20H23N5O3. The van der Waals surface area contributed by atoms with Crippen LogP contribution in [0.1, 0.15) is 24.7 Å². The van der Waals surface area contributed by atoms with Crippen LogP contribution in [0, 0.1) is 0 Å². The number of nitrogens with zero attached hydrogens (tertiary/aromatic N) is 5. The van der Waals surface area contributed by atoms with Gasteiger partial charge in [-0.15, -0.1) is 0 Å². The molecule has 0 spiro atoms. The lowest BCUT2D eigenvalue weighted by Crippen LogP contribution is -2.36. The molecule has 146 valence electrons. The second-order valence-corrected chi connectivity index (χ2v) is 6.96. The monoisotopic (exact) mass is 381 g/mol. The molecule has 0 bridgehead atoms. The average molecular weight is 381 g/mol. The largest absolute Gasteiger partial charge is 0.383 e. The van der Waals surface area contributed by atoms with Crippen molar-refractivity contribution in [2.75, 3.05) is 25.2 Å². The predicted molar refractivity (Wildman–Crippen MR) is 107 cm³/mol. The van der Waals surface area contributed by atoms with E-state index in [0.29, 0.717) is 42.2 Å². The van der Waals surface area contributed by atoms with Gasteiger partial charge in [0.15, 0.2) is 5.82 Å². The van der Waals surface area contributed by atoms with Crippen LogP contribution in [0.15, 0.2) is 46.2 Å². The average Bonchev–Trinajstić information content (AvgIpc) is 3.18. The lowest BCUT2D eigenvalue weighted by Gasteiger charge is -2.27. The van der Waals surface area contributed by atoms with Crippen LogP contribution >= 0.6 is 0 Å². The molecule has 3 heterocycles. The summed E-state index contributed by atoms with van der Waals surface area (Å²) < 4.78 is 8.41. The molecule has 0 amide bonds. The van der Waals surface area contributed by atoms with Gasteiger partial charge < -0.3 is 14.2 Å². The third-order valence-electron chi connectivity index (χ3n) is 5.23. The standard InChI is InChI=1S/C20H23N5O3/c1-23-11-9-21-18(20(23)27)24-10-5-8-16(24)17-22-15-7-4-3-6-14(15)19(26)25(17)12-13-28-2/h3-4,6-7,9,11,16H,5,8,10,12-13H2,1-2H3. The van der Waals surface area contributed by atoms with Crippen LogP contribution in [0.3, 0.4) is 0 Å². The van der Waals surface area contributed by atoms with Crippen molar-refractivity contribution in [1.82, 2.24) is 19.1 Å². The molecule has 1 aliphatic heterocycles. The number of benzene rings is 1. The van der Waals surface area contributed by atoms with Gasteiger partial charge in [-0.05, 0) is 25.0 Å². The van der Waals surface area contributed by atoms with Crippen molar-refractivity contribution in [3.8, 4) is 0 Å². The highest BCUT2D eigenvalue weighted by Crippen LogP contribution is 2.33. The summed E-state index contributed by atoms with van der Waals surface area (Å²) in [6, 6.07) is 7.17. The molecule has 3 aromatic rings. The van der Waals surface area contributed by atoms with Gasteiger partial charge in [-0.1, -0.05) is 12.1 Å². The van der Waals surface area contributed by atoms with E-state index < -0.39 is 0 Å². The van der Waals surface area contributed by atoms with Crippen molar-refractivity contribution in [2.24, 2.45) is 7.05 Å².